The fraction of sp³-hybridized carbons (Fsp3) is 0.429. The zero-order valence-electron chi connectivity index (χ0n) is 13.8. The number of thioether (sulfide) groups is 1. The number of hydrogen-bond donors (Lipinski definition) is 0. The fourth-order valence-electron chi connectivity index (χ4n) is 3.28. The van der Waals surface area contributed by atoms with Gasteiger partial charge in [-0.15, -0.1) is 0 Å². The van der Waals surface area contributed by atoms with Crippen molar-refractivity contribution >= 4 is 11.8 Å². The molecular formula is C21H26S. The van der Waals surface area contributed by atoms with E-state index in [1.807, 2.05) is 0 Å². The smallest absolute Gasteiger partial charge is 0.0189 e. The summed E-state index contributed by atoms with van der Waals surface area (Å²) in [5.41, 5.74) is 6.21. The van der Waals surface area contributed by atoms with Gasteiger partial charge in [-0.1, -0.05) is 68.5 Å². The highest BCUT2D eigenvalue weighted by Crippen LogP contribution is 2.45. The molecule has 0 bridgehead atoms. The van der Waals surface area contributed by atoms with Crippen molar-refractivity contribution in [1.29, 1.82) is 0 Å². The highest BCUT2D eigenvalue weighted by atomic mass is 32.2. The van der Waals surface area contributed by atoms with E-state index in [0.717, 1.165) is 19.3 Å². The van der Waals surface area contributed by atoms with Gasteiger partial charge in [0.05, 0.1) is 0 Å². The molecule has 1 aromatic carbocycles. The molecule has 0 radical (unpaired) electrons. The Hall–Kier alpha value is -1.21. The molecule has 0 saturated carbocycles. The summed E-state index contributed by atoms with van der Waals surface area (Å²) in [4.78, 5) is 3.18. The molecule has 1 heteroatoms. The largest absolute Gasteiger partial charge is 0.0936 e. The topological polar surface area (TPSA) is 0 Å². The van der Waals surface area contributed by atoms with Gasteiger partial charge in [-0.2, -0.15) is 0 Å². The van der Waals surface area contributed by atoms with E-state index in [1.165, 1.54) is 36.8 Å². The third-order valence-electron chi connectivity index (χ3n) is 4.59. The summed E-state index contributed by atoms with van der Waals surface area (Å²) in [6.07, 6.45) is 17.6. The summed E-state index contributed by atoms with van der Waals surface area (Å²) in [6.45, 7) is 4.52. The molecule has 0 fully saturated rings. The predicted octanol–water partition coefficient (Wildman–Crippen LogP) is 6.40. The van der Waals surface area contributed by atoms with Crippen LogP contribution in [0.2, 0.25) is 0 Å². The van der Waals surface area contributed by atoms with Gasteiger partial charge in [0, 0.05) is 4.90 Å². The Balaban J connectivity index is 1.91. The van der Waals surface area contributed by atoms with Gasteiger partial charge in [-0.3, -0.25) is 0 Å². The van der Waals surface area contributed by atoms with Crippen LogP contribution in [0.1, 0.15) is 56.2 Å². The highest BCUT2D eigenvalue weighted by molar-refractivity contribution is 8.03. The minimum Gasteiger partial charge on any atom is -0.0936 e. The Kier molecular flexibility index (Phi) is 5.25. The standard InChI is InChI=1S/C21H26S/c1-3-5-6-7-10-17-14-13-16(4-2)21-19(17)15-18-11-8-9-12-20(18)22-21/h6-8,11,13-14H,3-5,9-10,12,15H2,1-2H3/b7-6+. The van der Waals surface area contributed by atoms with Gasteiger partial charge in [0.25, 0.3) is 0 Å². The number of rotatable bonds is 5. The van der Waals surface area contributed by atoms with Crippen LogP contribution < -0.4 is 0 Å². The second-order valence-electron chi connectivity index (χ2n) is 6.18. The van der Waals surface area contributed by atoms with Gasteiger partial charge in [0.15, 0.2) is 0 Å². The van der Waals surface area contributed by atoms with Crippen molar-refractivity contribution in [1.82, 2.24) is 0 Å². The molecule has 0 saturated heterocycles. The Morgan fingerprint density at radius 2 is 2.00 bits per heavy atom. The molecule has 0 N–H and O–H groups in total. The van der Waals surface area contributed by atoms with Crippen LogP contribution in [-0.4, -0.2) is 0 Å². The molecule has 1 aliphatic heterocycles. The molecule has 0 atom stereocenters. The first kappa shape index (κ1) is 15.7. The van der Waals surface area contributed by atoms with Gasteiger partial charge in [-0.05, 0) is 65.7 Å². The number of allylic oxidation sites excluding steroid dienone is 6. The van der Waals surface area contributed by atoms with Crippen LogP contribution >= 0.6 is 11.8 Å². The van der Waals surface area contributed by atoms with Crippen LogP contribution in [0.15, 0.2) is 51.8 Å². The van der Waals surface area contributed by atoms with E-state index in [1.54, 1.807) is 20.9 Å². The molecule has 0 spiro atoms. The van der Waals surface area contributed by atoms with E-state index in [9.17, 15) is 0 Å². The molecule has 1 aliphatic carbocycles. The third kappa shape index (κ3) is 3.25. The first-order chi connectivity index (χ1) is 10.8. The number of hydrogen-bond acceptors (Lipinski definition) is 1. The lowest BCUT2D eigenvalue weighted by Crippen LogP contribution is -2.08. The first-order valence-electron chi connectivity index (χ1n) is 8.68. The molecule has 22 heavy (non-hydrogen) atoms. The van der Waals surface area contributed by atoms with Gasteiger partial charge in [-0.25, -0.2) is 0 Å². The molecule has 1 aromatic rings. The normalized spacial score (nSPS) is 17.0. The molecule has 0 aromatic heterocycles. The Morgan fingerprint density at radius 1 is 1.14 bits per heavy atom. The monoisotopic (exact) mass is 310 g/mol. The summed E-state index contributed by atoms with van der Waals surface area (Å²) in [6, 6.07) is 4.73. The van der Waals surface area contributed by atoms with E-state index in [-0.39, 0.29) is 0 Å². The molecule has 0 nitrogen and oxygen atoms in total. The molecule has 3 rings (SSSR count). The average molecular weight is 311 g/mol. The van der Waals surface area contributed by atoms with Crippen molar-refractivity contribution in [2.24, 2.45) is 0 Å². The maximum atomic E-state index is 2.37. The number of unbranched alkanes of at least 4 members (excludes halogenated alkanes) is 1. The summed E-state index contributed by atoms with van der Waals surface area (Å²) in [7, 11) is 0. The molecule has 0 amide bonds. The van der Waals surface area contributed by atoms with Gasteiger partial charge >= 0.3 is 0 Å². The van der Waals surface area contributed by atoms with E-state index < -0.39 is 0 Å². The van der Waals surface area contributed by atoms with E-state index >= 15 is 0 Å². The highest BCUT2D eigenvalue weighted by Gasteiger charge is 2.22. The fourth-order valence-corrected chi connectivity index (χ4v) is 4.69. The van der Waals surface area contributed by atoms with Crippen molar-refractivity contribution < 1.29 is 0 Å². The van der Waals surface area contributed by atoms with Crippen molar-refractivity contribution in [3.05, 3.63) is 63.6 Å². The van der Waals surface area contributed by atoms with Crippen LogP contribution in [0, 0.1) is 0 Å². The van der Waals surface area contributed by atoms with E-state index in [0.29, 0.717) is 0 Å². The lowest BCUT2D eigenvalue weighted by molar-refractivity contribution is 0.927. The molecule has 1 heterocycles. The van der Waals surface area contributed by atoms with Crippen LogP contribution in [0.4, 0.5) is 0 Å². The zero-order valence-corrected chi connectivity index (χ0v) is 14.6. The summed E-state index contributed by atoms with van der Waals surface area (Å²) < 4.78 is 0. The van der Waals surface area contributed by atoms with Crippen molar-refractivity contribution in [2.75, 3.05) is 0 Å². The first-order valence-corrected chi connectivity index (χ1v) is 9.50. The number of benzene rings is 1. The maximum Gasteiger partial charge on any atom is 0.0189 e. The summed E-state index contributed by atoms with van der Waals surface area (Å²) in [5, 5.41) is 0. The molecule has 2 aliphatic rings. The molecular weight excluding hydrogens is 284 g/mol. The van der Waals surface area contributed by atoms with Crippen LogP contribution in [0.5, 0.6) is 0 Å². The average Bonchev–Trinajstić information content (AvgIpc) is 2.57. The van der Waals surface area contributed by atoms with Crippen LogP contribution in [0.3, 0.4) is 0 Å². The van der Waals surface area contributed by atoms with Crippen LogP contribution in [-0.2, 0) is 19.3 Å². The summed E-state index contributed by atoms with van der Waals surface area (Å²) >= 11 is 2.05. The van der Waals surface area contributed by atoms with E-state index in [4.69, 9.17) is 0 Å². The number of fused-ring (bicyclic) bond motifs is 1. The maximum absolute atomic E-state index is 2.37. The Morgan fingerprint density at radius 3 is 2.82 bits per heavy atom. The molecule has 0 unspecified atom stereocenters. The Labute approximate surface area is 139 Å². The minimum atomic E-state index is 1.08. The summed E-state index contributed by atoms with van der Waals surface area (Å²) in [5.74, 6) is 0. The second-order valence-corrected chi connectivity index (χ2v) is 7.28. The van der Waals surface area contributed by atoms with Crippen molar-refractivity contribution in [3.63, 3.8) is 0 Å². The third-order valence-corrected chi connectivity index (χ3v) is 6.01. The zero-order chi connectivity index (χ0) is 15.4. The second kappa shape index (κ2) is 7.37. The quantitative estimate of drug-likeness (QED) is 0.567. The van der Waals surface area contributed by atoms with Crippen molar-refractivity contribution in [3.8, 4) is 0 Å². The molecule has 116 valence electrons. The van der Waals surface area contributed by atoms with Gasteiger partial charge in [0.2, 0.25) is 0 Å². The lowest BCUT2D eigenvalue weighted by atomic mass is 9.92. The predicted molar refractivity (Wildman–Crippen MR) is 98.5 cm³/mol. The number of aryl methyl sites for hydroxylation is 1. The van der Waals surface area contributed by atoms with Crippen molar-refractivity contribution in [2.45, 2.75) is 63.7 Å². The van der Waals surface area contributed by atoms with Gasteiger partial charge in [0.1, 0.15) is 0 Å². The lowest BCUT2D eigenvalue weighted by Gasteiger charge is -2.27. The Bertz CT molecular complexity index is 632. The van der Waals surface area contributed by atoms with E-state index in [2.05, 4.69) is 62.0 Å². The van der Waals surface area contributed by atoms with Crippen LogP contribution in [0.25, 0.3) is 0 Å². The minimum absolute atomic E-state index is 1.08. The SMILES string of the molecule is CCC/C=C/Cc1ccc(CC)c2c1CC1=C(CCC=C1)S2. The van der Waals surface area contributed by atoms with Gasteiger partial charge < -0.3 is 0 Å².